The molecule has 0 aliphatic rings. The molecule has 2 atom stereocenters. The van der Waals surface area contributed by atoms with Crippen LogP contribution in [0.25, 0.3) is 11.3 Å². The van der Waals surface area contributed by atoms with Crippen molar-refractivity contribution in [1.82, 2.24) is 21.0 Å². The average Bonchev–Trinajstić information content (AvgIpc) is 3.76. The zero-order valence-corrected chi connectivity index (χ0v) is 43.4. The largest absolute Gasteiger partial charge is 0.494 e. The van der Waals surface area contributed by atoms with E-state index in [0.29, 0.717) is 42.9 Å². The molecule has 3 aromatic rings. The summed E-state index contributed by atoms with van der Waals surface area (Å²) in [7, 11) is -4.63. The average molecular weight is 939 g/mol. The van der Waals surface area contributed by atoms with E-state index in [2.05, 4.69) is 90.6 Å². The summed E-state index contributed by atoms with van der Waals surface area (Å²) in [5.74, 6) is -1.25. The Morgan fingerprint density at radius 2 is 1.46 bits per heavy atom. The molecular weight excluding hydrogens is 861 g/mol. The Bertz CT molecular complexity index is 1950. The van der Waals surface area contributed by atoms with Crippen molar-refractivity contribution in [3.05, 3.63) is 77.6 Å². The lowest BCUT2D eigenvalue weighted by molar-refractivity contribution is -0.200. The topological polar surface area (TPSA) is 178 Å². The van der Waals surface area contributed by atoms with Crippen LogP contribution < -0.4 is 20.7 Å². The van der Waals surface area contributed by atoms with E-state index in [1.165, 1.54) is 11.1 Å². The highest BCUT2D eigenvalue weighted by Crippen LogP contribution is 2.39. The van der Waals surface area contributed by atoms with Crippen molar-refractivity contribution in [3.63, 3.8) is 0 Å². The quantitative estimate of drug-likeness (QED) is 0.0189. The molecule has 0 radical (unpaired) electrons. The van der Waals surface area contributed by atoms with Crippen molar-refractivity contribution in [2.75, 3.05) is 33.1 Å². The van der Waals surface area contributed by atoms with Crippen molar-refractivity contribution in [3.8, 4) is 17.1 Å². The van der Waals surface area contributed by atoms with Crippen molar-refractivity contribution in [2.24, 2.45) is 5.92 Å². The van der Waals surface area contributed by atoms with Gasteiger partial charge in [0.1, 0.15) is 23.7 Å². The second-order valence-corrected chi connectivity index (χ2v) is 29.5. The number of hydrogen-bond donors (Lipinski definition) is 4. The minimum Gasteiger partial charge on any atom is -0.494 e. The van der Waals surface area contributed by atoms with Gasteiger partial charge in [-0.3, -0.25) is 24.0 Å². The fourth-order valence-corrected chi connectivity index (χ4v) is 8.62. The smallest absolute Gasteiger partial charge is 0.288 e. The molecule has 0 saturated heterocycles. The summed E-state index contributed by atoms with van der Waals surface area (Å²) in [6.07, 6.45) is 4.30. The van der Waals surface area contributed by atoms with Crippen LogP contribution in [0.15, 0.2) is 65.1 Å². The van der Waals surface area contributed by atoms with Crippen LogP contribution in [-0.2, 0) is 29.9 Å². The molecule has 14 nitrogen and oxygen atoms in total. The maximum atomic E-state index is 14.3. The fraction of sp³-hybridized carbons (Fsp3) is 0.592. The molecule has 0 fully saturated rings. The molecule has 2 aromatic carbocycles. The molecule has 16 heteroatoms. The van der Waals surface area contributed by atoms with Gasteiger partial charge < -0.3 is 39.1 Å². The lowest BCUT2D eigenvalue weighted by Gasteiger charge is -2.43. The third-order valence-electron chi connectivity index (χ3n) is 12.8. The summed E-state index contributed by atoms with van der Waals surface area (Å²) in [5.41, 5.74) is 0.356. The van der Waals surface area contributed by atoms with Crippen LogP contribution in [0.4, 0.5) is 0 Å². The summed E-state index contributed by atoms with van der Waals surface area (Å²) < 4.78 is 25.1. The number of furan rings is 1. The van der Waals surface area contributed by atoms with Gasteiger partial charge in [-0.1, -0.05) is 105 Å². The lowest BCUT2D eigenvalue weighted by Crippen LogP contribution is -2.61. The lowest BCUT2D eigenvalue weighted by atomic mass is 9.90. The van der Waals surface area contributed by atoms with Crippen LogP contribution in [-0.4, -0.2) is 95.6 Å². The zero-order chi connectivity index (χ0) is 48.6. The molecule has 0 saturated carbocycles. The number of hydroxylamine groups is 2. The number of amides is 4. The van der Waals surface area contributed by atoms with Crippen LogP contribution in [0.3, 0.4) is 0 Å². The molecule has 4 N–H and O–H groups in total. The van der Waals surface area contributed by atoms with E-state index in [1.807, 2.05) is 44.2 Å². The van der Waals surface area contributed by atoms with E-state index in [0.717, 1.165) is 24.8 Å². The highest BCUT2D eigenvalue weighted by atomic mass is 28.4. The Hall–Kier alpha value is -4.33. The number of hydrogen-bond acceptors (Lipinski definition) is 10. The van der Waals surface area contributed by atoms with Crippen LogP contribution in [0.1, 0.15) is 121 Å². The van der Waals surface area contributed by atoms with Crippen LogP contribution in [0, 0.1) is 5.92 Å². The SMILES string of the molecule is CCCCCC(C(=O)NCNC(=O)c1ccc(-c2cc(OCC)cc(C(=O)NC(CO)(CO[Si](C)(C)C(C)(C)C)CO[Si](C)(C)C(C)(C)C)c2)o1)C(CC)N(C=O)OCc1ccccc1. The molecule has 362 valence electrons. The van der Waals surface area contributed by atoms with E-state index >= 15 is 0 Å². The third kappa shape index (κ3) is 15.9. The Kier molecular flexibility index (Phi) is 20.7. The normalized spacial score (nSPS) is 13.4. The second kappa shape index (κ2) is 24.4. The first kappa shape index (κ1) is 55.0. The molecule has 0 spiro atoms. The Balaban J connectivity index is 1.82. The van der Waals surface area contributed by atoms with E-state index in [1.54, 1.807) is 24.3 Å². The number of carbonyl (C=O) groups excluding carboxylic acids is 4. The predicted molar refractivity (Wildman–Crippen MR) is 260 cm³/mol. The van der Waals surface area contributed by atoms with E-state index in [4.69, 9.17) is 22.8 Å². The number of nitrogens with zero attached hydrogens (tertiary/aromatic N) is 1. The third-order valence-corrected chi connectivity index (χ3v) is 21.8. The molecule has 2 unspecified atom stereocenters. The van der Waals surface area contributed by atoms with Gasteiger partial charge in [0.15, 0.2) is 22.4 Å². The summed E-state index contributed by atoms with van der Waals surface area (Å²) >= 11 is 0. The highest BCUT2D eigenvalue weighted by molar-refractivity contribution is 6.74. The number of benzene rings is 2. The van der Waals surface area contributed by atoms with E-state index in [-0.39, 0.29) is 53.8 Å². The van der Waals surface area contributed by atoms with Crippen molar-refractivity contribution >= 4 is 40.8 Å². The number of aliphatic hydroxyl groups is 1. The number of nitrogens with one attached hydrogen (secondary N) is 3. The molecule has 1 heterocycles. The van der Waals surface area contributed by atoms with Crippen LogP contribution in [0.5, 0.6) is 5.75 Å². The minimum absolute atomic E-state index is 0.0145. The Labute approximate surface area is 390 Å². The molecule has 3 rings (SSSR count). The number of unbranched alkanes of at least 4 members (excludes halogenated alkanes) is 2. The fourth-order valence-electron chi connectivity index (χ4n) is 6.48. The van der Waals surface area contributed by atoms with Crippen molar-refractivity contribution in [2.45, 2.75) is 149 Å². The zero-order valence-electron chi connectivity index (χ0n) is 41.4. The van der Waals surface area contributed by atoms with Gasteiger partial charge in [-0.25, -0.2) is 5.06 Å². The summed E-state index contributed by atoms with van der Waals surface area (Å²) in [6, 6.07) is 17.1. The standard InChI is InChI=1S/C49H78N4O10Si2/c1-14-17-19-24-40(41(15-2)53(35-55)60-30-36-22-20-18-21-23-36)45(57)50-34-51-46(58)43-26-25-42(63-43)37-27-38(29-39(28-37)59-16-3)44(56)52-49(31-54,32-61-64(10,11)47(4,5)6)33-62-65(12,13)48(7,8)9/h18,20-23,25-29,35,40-41,54H,14-17,19,24,30-34H2,1-13H3,(H,50,57)(H,51,58)(H,52,56). The first-order valence-electron chi connectivity index (χ1n) is 23.0. The molecule has 0 bridgehead atoms. The predicted octanol–water partition coefficient (Wildman–Crippen LogP) is 9.22. The summed E-state index contributed by atoms with van der Waals surface area (Å²) in [6.45, 7) is 27.1. The maximum absolute atomic E-state index is 14.3. The van der Waals surface area contributed by atoms with Gasteiger partial charge in [0.05, 0.1) is 45.1 Å². The molecule has 0 aliphatic heterocycles. The Morgan fingerprint density at radius 1 is 0.831 bits per heavy atom. The number of ether oxygens (including phenoxy) is 1. The van der Waals surface area contributed by atoms with Crippen molar-refractivity contribution < 1.29 is 47.1 Å². The molecule has 1 aromatic heterocycles. The first-order valence-corrected chi connectivity index (χ1v) is 28.8. The molecule has 65 heavy (non-hydrogen) atoms. The Morgan fingerprint density at radius 3 is 2.00 bits per heavy atom. The van der Waals surface area contributed by atoms with Crippen LogP contribution >= 0.6 is 0 Å². The molecule has 0 aliphatic carbocycles. The first-order chi connectivity index (χ1) is 30.5. The number of carbonyl (C=O) groups is 4. The van der Waals surface area contributed by atoms with Gasteiger partial charge in [0, 0.05) is 11.1 Å². The maximum Gasteiger partial charge on any atom is 0.288 e. The summed E-state index contributed by atoms with van der Waals surface area (Å²) in [4.78, 5) is 59.5. The van der Waals surface area contributed by atoms with Gasteiger partial charge in [0.2, 0.25) is 12.3 Å². The monoisotopic (exact) mass is 939 g/mol. The number of aliphatic hydroxyl groups excluding tert-OH is 1. The van der Waals surface area contributed by atoms with Gasteiger partial charge in [-0.2, -0.15) is 0 Å². The van der Waals surface area contributed by atoms with Crippen LogP contribution in [0.2, 0.25) is 36.3 Å². The van der Waals surface area contributed by atoms with Crippen molar-refractivity contribution in [1.29, 1.82) is 0 Å². The van der Waals surface area contributed by atoms with Gasteiger partial charge in [-0.05, 0) is 91.9 Å². The van der Waals surface area contributed by atoms with E-state index < -0.39 is 52.6 Å². The molecule has 4 amide bonds. The van der Waals surface area contributed by atoms with Gasteiger partial charge in [-0.15, -0.1) is 0 Å². The minimum atomic E-state index is -2.31. The van der Waals surface area contributed by atoms with E-state index in [9.17, 15) is 24.3 Å². The van der Waals surface area contributed by atoms with Gasteiger partial charge >= 0.3 is 0 Å². The highest BCUT2D eigenvalue weighted by Gasteiger charge is 2.44. The molecular formula is C49H78N4O10Si2. The summed E-state index contributed by atoms with van der Waals surface area (Å²) in [5, 5.41) is 20.7. The second-order valence-electron chi connectivity index (χ2n) is 19.9. The van der Waals surface area contributed by atoms with Gasteiger partial charge in [0.25, 0.3) is 11.8 Å². The number of rotatable bonds is 27.